The van der Waals surface area contributed by atoms with Gasteiger partial charge in [0.05, 0.1) is 0 Å². The first kappa shape index (κ1) is 18.9. The number of hydrogen-bond acceptors (Lipinski definition) is 8. The molecule has 0 spiro atoms. The summed E-state index contributed by atoms with van der Waals surface area (Å²) in [6, 6.07) is 7.69. The molecule has 0 saturated heterocycles. The van der Waals surface area contributed by atoms with Crippen LogP contribution in [0.2, 0.25) is 0 Å². The second-order valence-electron chi connectivity index (χ2n) is 7.10. The van der Waals surface area contributed by atoms with Gasteiger partial charge in [0, 0.05) is 29.5 Å². The van der Waals surface area contributed by atoms with Crippen LogP contribution in [0.1, 0.15) is 36.0 Å². The first-order chi connectivity index (χ1) is 14.1. The molecule has 9 nitrogen and oxygen atoms in total. The largest absolute Gasteiger partial charge is 0.451 e. The van der Waals surface area contributed by atoms with Gasteiger partial charge in [0.1, 0.15) is 23.3 Å². The standard InChI is InChI=1S/C20H23N7O2/c21-15-6-1-2-7-16(15)26-20-23-9-14(18(22)28)19(27-20)25-13-5-3-4-12(8-13)17-10-29-11-24-17/h3-5,8-11,15-16H,1-2,6-7,21H2,(H2,22,28)(H2,23,25,26,27)/t15-,16+/m0/s1. The number of nitrogens with two attached hydrogens (primary N) is 2. The number of oxazole rings is 1. The van der Waals surface area contributed by atoms with Crippen molar-refractivity contribution in [3.63, 3.8) is 0 Å². The molecular formula is C20H23N7O2. The van der Waals surface area contributed by atoms with Gasteiger partial charge in [0.15, 0.2) is 6.39 Å². The van der Waals surface area contributed by atoms with Gasteiger partial charge in [0.25, 0.3) is 5.91 Å². The predicted molar refractivity (Wildman–Crippen MR) is 110 cm³/mol. The van der Waals surface area contributed by atoms with Crippen molar-refractivity contribution in [2.24, 2.45) is 11.5 Å². The van der Waals surface area contributed by atoms with E-state index in [1.54, 1.807) is 6.26 Å². The molecule has 0 unspecified atom stereocenters. The van der Waals surface area contributed by atoms with Crippen LogP contribution in [-0.2, 0) is 0 Å². The molecule has 2 atom stereocenters. The summed E-state index contributed by atoms with van der Waals surface area (Å²) >= 11 is 0. The minimum atomic E-state index is -0.610. The number of anilines is 3. The van der Waals surface area contributed by atoms with Crippen LogP contribution in [0.5, 0.6) is 0 Å². The van der Waals surface area contributed by atoms with Crippen LogP contribution < -0.4 is 22.1 Å². The average molecular weight is 393 g/mol. The number of primary amides is 1. The molecule has 4 rings (SSSR count). The van der Waals surface area contributed by atoms with Gasteiger partial charge in [-0.2, -0.15) is 4.98 Å². The van der Waals surface area contributed by atoms with Crippen LogP contribution in [0, 0.1) is 0 Å². The lowest BCUT2D eigenvalue weighted by molar-refractivity contribution is 0.100. The Bertz CT molecular complexity index is 990. The monoisotopic (exact) mass is 393 g/mol. The van der Waals surface area contributed by atoms with Crippen molar-refractivity contribution < 1.29 is 9.21 Å². The summed E-state index contributed by atoms with van der Waals surface area (Å²) in [4.78, 5) is 24.7. The highest BCUT2D eigenvalue weighted by molar-refractivity contribution is 5.98. The Labute approximate surface area is 167 Å². The first-order valence-corrected chi connectivity index (χ1v) is 9.55. The lowest BCUT2D eigenvalue weighted by Crippen LogP contribution is -2.43. The third kappa shape index (κ3) is 4.35. The number of benzene rings is 1. The molecule has 2 heterocycles. The number of carbonyl (C=O) groups is 1. The Morgan fingerprint density at radius 2 is 2.07 bits per heavy atom. The van der Waals surface area contributed by atoms with E-state index in [1.165, 1.54) is 12.6 Å². The van der Waals surface area contributed by atoms with E-state index in [-0.39, 0.29) is 17.6 Å². The molecular weight excluding hydrogens is 370 g/mol. The van der Waals surface area contributed by atoms with Crippen molar-refractivity contribution in [3.8, 4) is 11.3 Å². The number of amides is 1. The molecule has 6 N–H and O–H groups in total. The smallest absolute Gasteiger partial charge is 0.254 e. The van der Waals surface area contributed by atoms with Crippen LogP contribution in [0.3, 0.4) is 0 Å². The molecule has 1 aliphatic rings. The van der Waals surface area contributed by atoms with E-state index in [4.69, 9.17) is 15.9 Å². The van der Waals surface area contributed by atoms with E-state index in [1.807, 2.05) is 24.3 Å². The minimum Gasteiger partial charge on any atom is -0.451 e. The zero-order valence-corrected chi connectivity index (χ0v) is 15.8. The van der Waals surface area contributed by atoms with Gasteiger partial charge in [0.2, 0.25) is 5.95 Å². The molecule has 1 aliphatic carbocycles. The van der Waals surface area contributed by atoms with Gasteiger partial charge < -0.3 is 26.5 Å². The lowest BCUT2D eigenvalue weighted by Gasteiger charge is -2.29. The number of carbonyl (C=O) groups excluding carboxylic acids is 1. The normalized spacial score (nSPS) is 18.9. The second-order valence-corrected chi connectivity index (χ2v) is 7.10. The Morgan fingerprint density at radius 1 is 1.21 bits per heavy atom. The van der Waals surface area contributed by atoms with E-state index in [0.717, 1.165) is 36.9 Å². The van der Waals surface area contributed by atoms with Crippen LogP contribution in [0.15, 0.2) is 47.5 Å². The highest BCUT2D eigenvalue weighted by Crippen LogP contribution is 2.26. The number of hydrogen-bond donors (Lipinski definition) is 4. The molecule has 2 aromatic heterocycles. The maximum Gasteiger partial charge on any atom is 0.254 e. The van der Waals surface area contributed by atoms with Crippen molar-refractivity contribution in [1.82, 2.24) is 15.0 Å². The van der Waals surface area contributed by atoms with Crippen molar-refractivity contribution in [3.05, 3.63) is 48.7 Å². The van der Waals surface area contributed by atoms with Crippen LogP contribution >= 0.6 is 0 Å². The molecule has 1 saturated carbocycles. The third-order valence-corrected chi connectivity index (χ3v) is 5.04. The van der Waals surface area contributed by atoms with Crippen molar-refractivity contribution in [1.29, 1.82) is 0 Å². The van der Waals surface area contributed by atoms with E-state index < -0.39 is 5.91 Å². The molecule has 1 aromatic carbocycles. The Balaban J connectivity index is 1.60. The number of rotatable bonds is 6. The molecule has 0 bridgehead atoms. The summed E-state index contributed by atoms with van der Waals surface area (Å²) in [5, 5.41) is 6.46. The maximum atomic E-state index is 11.9. The molecule has 0 aliphatic heterocycles. The number of nitrogens with one attached hydrogen (secondary N) is 2. The van der Waals surface area contributed by atoms with Crippen molar-refractivity contribution in [2.75, 3.05) is 10.6 Å². The molecule has 0 radical (unpaired) electrons. The minimum absolute atomic E-state index is 0.0544. The fourth-order valence-corrected chi connectivity index (χ4v) is 3.48. The van der Waals surface area contributed by atoms with E-state index >= 15 is 0 Å². The van der Waals surface area contributed by atoms with Gasteiger partial charge in [-0.1, -0.05) is 25.0 Å². The van der Waals surface area contributed by atoms with Gasteiger partial charge >= 0.3 is 0 Å². The van der Waals surface area contributed by atoms with Crippen LogP contribution in [0.4, 0.5) is 17.5 Å². The van der Waals surface area contributed by atoms with Crippen molar-refractivity contribution in [2.45, 2.75) is 37.8 Å². The van der Waals surface area contributed by atoms with Crippen LogP contribution in [-0.4, -0.2) is 32.9 Å². The van der Waals surface area contributed by atoms with Gasteiger partial charge in [-0.25, -0.2) is 9.97 Å². The van der Waals surface area contributed by atoms with E-state index in [0.29, 0.717) is 17.5 Å². The fourth-order valence-electron chi connectivity index (χ4n) is 3.48. The molecule has 29 heavy (non-hydrogen) atoms. The SMILES string of the molecule is NC(=O)c1cnc(N[C@@H]2CCCC[C@@H]2N)nc1Nc1cccc(-c2cocn2)c1. The zero-order valence-electron chi connectivity index (χ0n) is 15.8. The summed E-state index contributed by atoms with van der Waals surface area (Å²) in [5.41, 5.74) is 14.2. The first-order valence-electron chi connectivity index (χ1n) is 9.55. The average Bonchev–Trinajstić information content (AvgIpc) is 3.25. The van der Waals surface area contributed by atoms with Gasteiger partial charge in [-0.05, 0) is 25.0 Å². The molecule has 150 valence electrons. The Kier molecular flexibility index (Phi) is 5.39. The molecule has 1 amide bonds. The van der Waals surface area contributed by atoms with E-state index in [9.17, 15) is 4.79 Å². The number of aromatic nitrogens is 3. The third-order valence-electron chi connectivity index (χ3n) is 5.04. The summed E-state index contributed by atoms with van der Waals surface area (Å²) in [5.74, 6) is 0.130. The maximum absolute atomic E-state index is 11.9. The highest BCUT2D eigenvalue weighted by Gasteiger charge is 2.23. The van der Waals surface area contributed by atoms with Crippen molar-refractivity contribution >= 4 is 23.4 Å². The van der Waals surface area contributed by atoms with E-state index in [2.05, 4.69) is 25.6 Å². The molecule has 3 aromatic rings. The fraction of sp³-hybridized carbons (Fsp3) is 0.300. The Morgan fingerprint density at radius 3 is 2.83 bits per heavy atom. The van der Waals surface area contributed by atoms with Crippen LogP contribution in [0.25, 0.3) is 11.3 Å². The second kappa shape index (κ2) is 8.27. The Hall–Kier alpha value is -3.46. The quantitative estimate of drug-likeness (QED) is 0.500. The number of nitrogens with zero attached hydrogens (tertiary/aromatic N) is 3. The predicted octanol–water partition coefficient (Wildman–Crippen LogP) is 2.66. The van der Waals surface area contributed by atoms with Gasteiger partial charge in [-0.3, -0.25) is 4.79 Å². The lowest BCUT2D eigenvalue weighted by atomic mass is 9.91. The summed E-state index contributed by atoms with van der Waals surface area (Å²) in [6.45, 7) is 0. The summed E-state index contributed by atoms with van der Waals surface area (Å²) in [7, 11) is 0. The summed E-state index contributed by atoms with van der Waals surface area (Å²) < 4.78 is 5.04. The zero-order chi connectivity index (χ0) is 20.2. The molecule has 9 heteroatoms. The topological polar surface area (TPSA) is 145 Å². The highest BCUT2D eigenvalue weighted by atomic mass is 16.3. The van der Waals surface area contributed by atoms with Gasteiger partial charge in [-0.15, -0.1) is 0 Å². The molecule has 1 fully saturated rings. The summed E-state index contributed by atoms with van der Waals surface area (Å²) in [6.07, 6.45) is 8.55.